The summed E-state index contributed by atoms with van der Waals surface area (Å²) in [5.74, 6) is -0.957. The van der Waals surface area contributed by atoms with E-state index in [2.05, 4.69) is 5.32 Å². The van der Waals surface area contributed by atoms with Crippen LogP contribution in [0.4, 0.5) is 11.4 Å². The van der Waals surface area contributed by atoms with Crippen molar-refractivity contribution < 1.29 is 24.0 Å². The maximum absolute atomic E-state index is 12.7. The highest BCUT2D eigenvalue weighted by Gasteiger charge is 2.43. The van der Waals surface area contributed by atoms with E-state index in [-0.39, 0.29) is 17.8 Å². The van der Waals surface area contributed by atoms with Crippen molar-refractivity contribution >= 4 is 23.3 Å². The number of ether oxygens (including phenoxy) is 2. The Hall–Kier alpha value is -3.42. The number of nitrogens with zero attached hydrogens (tertiary/aromatic N) is 1. The molecule has 2 aromatic rings. The zero-order valence-electron chi connectivity index (χ0n) is 14.1. The first-order chi connectivity index (χ1) is 12.3. The Morgan fingerprint density at radius 2 is 2.04 bits per heavy atom. The fourth-order valence-corrected chi connectivity index (χ4v) is 2.81. The molecule has 1 atom stereocenters. The van der Waals surface area contributed by atoms with Gasteiger partial charge in [0.15, 0.2) is 5.60 Å². The number of nitro benzene ring substituents is 1. The first-order valence-electron chi connectivity index (χ1n) is 7.79. The van der Waals surface area contributed by atoms with Crippen LogP contribution in [0.1, 0.15) is 22.8 Å². The van der Waals surface area contributed by atoms with Gasteiger partial charge in [-0.05, 0) is 30.7 Å². The number of hydrogen-bond acceptors (Lipinski definition) is 6. The van der Waals surface area contributed by atoms with E-state index in [4.69, 9.17) is 9.47 Å². The Labute approximate surface area is 148 Å². The Kier molecular flexibility index (Phi) is 4.33. The molecule has 0 radical (unpaired) electrons. The van der Waals surface area contributed by atoms with Crippen LogP contribution in [-0.4, -0.2) is 29.5 Å². The minimum atomic E-state index is -1.47. The number of amides is 1. The van der Waals surface area contributed by atoms with Gasteiger partial charge < -0.3 is 14.8 Å². The molecule has 0 saturated heterocycles. The summed E-state index contributed by atoms with van der Waals surface area (Å²) in [5, 5.41) is 13.7. The maximum atomic E-state index is 12.7. The van der Waals surface area contributed by atoms with Gasteiger partial charge >= 0.3 is 5.97 Å². The second kappa shape index (κ2) is 6.47. The molecule has 3 rings (SSSR count). The maximum Gasteiger partial charge on any atom is 0.339 e. The molecular formula is C18H16N2O6. The molecule has 1 heterocycles. The predicted octanol–water partition coefficient (Wildman–Crippen LogP) is 2.71. The number of nitro groups is 1. The number of cyclic esters (lactones) is 1. The van der Waals surface area contributed by atoms with E-state index in [1.165, 1.54) is 32.2 Å². The molecule has 8 heteroatoms. The smallest absolute Gasteiger partial charge is 0.339 e. The highest BCUT2D eigenvalue weighted by molar-refractivity contribution is 6.03. The molecule has 1 amide bonds. The average Bonchev–Trinajstić information content (AvgIpc) is 2.61. The number of carbonyl (C=O) groups excluding carboxylic acids is 2. The second-order valence-corrected chi connectivity index (χ2v) is 6.05. The molecule has 26 heavy (non-hydrogen) atoms. The molecule has 2 aromatic carbocycles. The van der Waals surface area contributed by atoms with Gasteiger partial charge in [-0.15, -0.1) is 0 Å². The normalized spacial score (nSPS) is 18.5. The zero-order chi connectivity index (χ0) is 18.9. The fourth-order valence-electron chi connectivity index (χ4n) is 2.81. The quantitative estimate of drug-likeness (QED) is 0.513. The number of hydrogen-bond donors (Lipinski definition) is 1. The van der Waals surface area contributed by atoms with Crippen LogP contribution in [0.25, 0.3) is 0 Å². The number of esters is 1. The summed E-state index contributed by atoms with van der Waals surface area (Å²) in [6.07, 6.45) is 0.171. The van der Waals surface area contributed by atoms with Crippen molar-refractivity contribution in [1.29, 1.82) is 0 Å². The minimum Gasteiger partial charge on any atom is -0.496 e. The standard InChI is InChI=1S/C18H16N2O6/c1-18(10-11-5-3-4-6-13(11)16(21)26-18)17(22)19-14-8-7-12(25-2)9-15(14)20(23)24/h3-9H,10H2,1-2H3,(H,19,22)/t18-/m0/s1. The number of methoxy groups -OCH3 is 1. The number of rotatable bonds is 4. The van der Waals surface area contributed by atoms with Crippen molar-refractivity contribution in [3.63, 3.8) is 0 Å². The van der Waals surface area contributed by atoms with E-state index in [9.17, 15) is 19.7 Å². The van der Waals surface area contributed by atoms with Crippen LogP contribution in [0.15, 0.2) is 42.5 Å². The topological polar surface area (TPSA) is 108 Å². The van der Waals surface area contributed by atoms with Crippen molar-refractivity contribution in [2.45, 2.75) is 18.9 Å². The number of anilines is 1. The first kappa shape index (κ1) is 17.4. The van der Waals surface area contributed by atoms with Gasteiger partial charge in [-0.25, -0.2) is 4.79 Å². The molecule has 0 saturated carbocycles. The van der Waals surface area contributed by atoms with E-state index in [1.807, 2.05) is 0 Å². The van der Waals surface area contributed by atoms with Crippen LogP contribution in [-0.2, 0) is 16.0 Å². The summed E-state index contributed by atoms with van der Waals surface area (Å²) in [6, 6.07) is 10.9. The van der Waals surface area contributed by atoms with Gasteiger partial charge in [0.1, 0.15) is 11.4 Å². The van der Waals surface area contributed by atoms with Crippen LogP contribution in [0.2, 0.25) is 0 Å². The van der Waals surface area contributed by atoms with Gasteiger partial charge in [-0.3, -0.25) is 14.9 Å². The van der Waals surface area contributed by atoms with Crippen LogP contribution in [0, 0.1) is 10.1 Å². The lowest BCUT2D eigenvalue weighted by Crippen LogP contribution is -2.48. The SMILES string of the molecule is COc1ccc(NC(=O)[C@]2(C)Cc3ccccc3C(=O)O2)c([N+](=O)[O-])c1. The largest absolute Gasteiger partial charge is 0.496 e. The summed E-state index contributed by atoms with van der Waals surface area (Å²) < 4.78 is 10.3. The number of fused-ring (bicyclic) bond motifs is 1. The van der Waals surface area contributed by atoms with E-state index in [0.29, 0.717) is 16.9 Å². The molecule has 0 fully saturated rings. The molecule has 134 valence electrons. The number of carbonyl (C=O) groups is 2. The molecule has 0 unspecified atom stereocenters. The minimum absolute atomic E-state index is 0.00284. The lowest BCUT2D eigenvalue weighted by Gasteiger charge is -2.32. The Morgan fingerprint density at radius 1 is 1.31 bits per heavy atom. The van der Waals surface area contributed by atoms with E-state index >= 15 is 0 Å². The van der Waals surface area contributed by atoms with Crippen molar-refractivity contribution in [3.8, 4) is 5.75 Å². The number of nitrogens with one attached hydrogen (secondary N) is 1. The average molecular weight is 356 g/mol. The highest BCUT2D eigenvalue weighted by Crippen LogP contribution is 2.32. The van der Waals surface area contributed by atoms with Crippen molar-refractivity contribution in [2.75, 3.05) is 12.4 Å². The summed E-state index contributed by atoms with van der Waals surface area (Å²) in [5.41, 5.74) is -0.696. The van der Waals surface area contributed by atoms with Gasteiger partial charge in [0.25, 0.3) is 11.6 Å². The molecule has 0 spiro atoms. The van der Waals surface area contributed by atoms with E-state index < -0.39 is 22.4 Å². The molecular weight excluding hydrogens is 340 g/mol. The summed E-state index contributed by atoms with van der Waals surface area (Å²) in [7, 11) is 1.39. The lowest BCUT2D eigenvalue weighted by molar-refractivity contribution is -0.384. The third kappa shape index (κ3) is 3.08. The molecule has 1 N–H and O–H groups in total. The van der Waals surface area contributed by atoms with Crippen LogP contribution < -0.4 is 10.1 Å². The van der Waals surface area contributed by atoms with E-state index in [1.54, 1.807) is 24.3 Å². The van der Waals surface area contributed by atoms with Crippen molar-refractivity contribution in [2.24, 2.45) is 0 Å². The molecule has 1 aliphatic rings. The van der Waals surface area contributed by atoms with Crippen molar-refractivity contribution in [1.82, 2.24) is 0 Å². The number of benzene rings is 2. The zero-order valence-corrected chi connectivity index (χ0v) is 14.1. The summed E-state index contributed by atoms with van der Waals surface area (Å²) in [6.45, 7) is 1.48. The van der Waals surface area contributed by atoms with E-state index in [0.717, 1.165) is 0 Å². The lowest BCUT2D eigenvalue weighted by atomic mass is 9.89. The van der Waals surface area contributed by atoms with Crippen LogP contribution >= 0.6 is 0 Å². The van der Waals surface area contributed by atoms with Crippen LogP contribution in [0.3, 0.4) is 0 Å². The van der Waals surface area contributed by atoms with Crippen molar-refractivity contribution in [3.05, 3.63) is 63.7 Å². The highest BCUT2D eigenvalue weighted by atomic mass is 16.6. The summed E-state index contributed by atoms with van der Waals surface area (Å²) in [4.78, 5) is 35.6. The second-order valence-electron chi connectivity index (χ2n) is 6.05. The van der Waals surface area contributed by atoms with Gasteiger partial charge in [0, 0.05) is 6.42 Å². The van der Waals surface area contributed by atoms with Gasteiger partial charge in [-0.1, -0.05) is 18.2 Å². The van der Waals surface area contributed by atoms with Gasteiger partial charge in [0.05, 0.1) is 23.7 Å². The fraction of sp³-hybridized carbons (Fsp3) is 0.222. The monoisotopic (exact) mass is 356 g/mol. The Bertz CT molecular complexity index is 910. The van der Waals surface area contributed by atoms with Crippen LogP contribution in [0.5, 0.6) is 5.75 Å². The predicted molar refractivity (Wildman–Crippen MR) is 92.2 cm³/mol. The molecule has 0 aromatic heterocycles. The first-order valence-corrected chi connectivity index (χ1v) is 7.79. The summed E-state index contributed by atoms with van der Waals surface area (Å²) >= 11 is 0. The van der Waals surface area contributed by atoms with Gasteiger partial charge in [0.2, 0.25) is 0 Å². The molecule has 8 nitrogen and oxygen atoms in total. The molecule has 0 aliphatic carbocycles. The Morgan fingerprint density at radius 3 is 2.73 bits per heavy atom. The Balaban J connectivity index is 1.89. The molecule has 1 aliphatic heterocycles. The van der Waals surface area contributed by atoms with Gasteiger partial charge in [-0.2, -0.15) is 0 Å². The third-order valence-electron chi connectivity index (χ3n) is 4.21. The third-order valence-corrected chi connectivity index (χ3v) is 4.21. The molecule has 0 bridgehead atoms.